The van der Waals surface area contributed by atoms with E-state index in [0.717, 1.165) is 25.9 Å². The lowest BCUT2D eigenvalue weighted by atomic mass is 9.95. The molecule has 0 aromatic heterocycles. The van der Waals surface area contributed by atoms with Crippen molar-refractivity contribution in [2.24, 2.45) is 5.92 Å². The van der Waals surface area contributed by atoms with E-state index in [-0.39, 0.29) is 5.92 Å². The van der Waals surface area contributed by atoms with Crippen LogP contribution in [0.3, 0.4) is 0 Å². The number of carboxylic acids is 1. The van der Waals surface area contributed by atoms with E-state index in [4.69, 9.17) is 0 Å². The van der Waals surface area contributed by atoms with Crippen molar-refractivity contribution in [2.45, 2.75) is 71.3 Å². The van der Waals surface area contributed by atoms with E-state index < -0.39 is 5.97 Å². The Kier molecular flexibility index (Phi) is 7.90. The second-order valence-corrected chi connectivity index (χ2v) is 8.36. The molecule has 0 saturated carbocycles. The predicted molar refractivity (Wildman–Crippen MR) is 117 cm³/mol. The molecule has 1 heterocycles. The number of unbranched alkanes of at least 4 members (excludes halogenated alkanes) is 6. The zero-order chi connectivity index (χ0) is 19.8. The zero-order valence-corrected chi connectivity index (χ0v) is 17.3. The summed E-state index contributed by atoms with van der Waals surface area (Å²) >= 11 is 0. The normalized spacial score (nSPS) is 17.4. The van der Waals surface area contributed by atoms with Crippen LogP contribution in [0.2, 0.25) is 0 Å². The van der Waals surface area contributed by atoms with Gasteiger partial charge < -0.3 is 5.11 Å². The largest absolute Gasteiger partial charge is 0.481 e. The lowest BCUT2D eigenvalue weighted by Crippen LogP contribution is -2.22. The van der Waals surface area contributed by atoms with Gasteiger partial charge in [-0.25, -0.2) is 0 Å². The molecule has 1 aliphatic heterocycles. The molecule has 1 unspecified atom stereocenters. The summed E-state index contributed by atoms with van der Waals surface area (Å²) < 4.78 is 0. The maximum Gasteiger partial charge on any atom is 0.307 e. The molecule has 1 atom stereocenters. The van der Waals surface area contributed by atoms with Crippen molar-refractivity contribution >= 4 is 16.7 Å². The van der Waals surface area contributed by atoms with Crippen molar-refractivity contribution in [3.05, 3.63) is 47.5 Å². The molecule has 28 heavy (non-hydrogen) atoms. The van der Waals surface area contributed by atoms with Crippen molar-refractivity contribution in [2.75, 3.05) is 13.1 Å². The van der Waals surface area contributed by atoms with Gasteiger partial charge in [-0.3, -0.25) is 9.69 Å². The second kappa shape index (κ2) is 10.6. The van der Waals surface area contributed by atoms with E-state index in [1.807, 2.05) is 0 Å². The summed E-state index contributed by atoms with van der Waals surface area (Å²) in [4.78, 5) is 13.5. The van der Waals surface area contributed by atoms with Crippen LogP contribution >= 0.6 is 0 Å². The molecule has 0 aliphatic carbocycles. The average Bonchev–Trinajstić information content (AvgIpc) is 3.17. The fourth-order valence-electron chi connectivity index (χ4n) is 4.47. The van der Waals surface area contributed by atoms with E-state index >= 15 is 0 Å². The number of hydrogen-bond donors (Lipinski definition) is 1. The van der Waals surface area contributed by atoms with Gasteiger partial charge >= 0.3 is 5.97 Å². The lowest BCUT2D eigenvalue weighted by molar-refractivity contribution is -0.141. The number of carboxylic acid groups (broad SMARTS) is 1. The minimum Gasteiger partial charge on any atom is -0.481 e. The fraction of sp³-hybridized carbons (Fsp3) is 0.560. The monoisotopic (exact) mass is 381 g/mol. The highest BCUT2D eigenvalue weighted by atomic mass is 16.4. The first-order valence-electron chi connectivity index (χ1n) is 11.1. The second-order valence-electron chi connectivity index (χ2n) is 8.36. The van der Waals surface area contributed by atoms with Crippen molar-refractivity contribution in [1.29, 1.82) is 0 Å². The van der Waals surface area contributed by atoms with Crippen LogP contribution in [-0.2, 0) is 17.8 Å². The number of carbonyl (C=O) groups is 1. The minimum atomic E-state index is -0.655. The molecule has 1 aliphatic rings. The van der Waals surface area contributed by atoms with Crippen molar-refractivity contribution in [3.63, 3.8) is 0 Å². The van der Waals surface area contributed by atoms with Gasteiger partial charge in [0, 0.05) is 13.1 Å². The fourth-order valence-corrected chi connectivity index (χ4v) is 4.47. The van der Waals surface area contributed by atoms with Crippen LogP contribution in [0.1, 0.15) is 69.4 Å². The number of aliphatic carboxylic acids is 1. The molecule has 152 valence electrons. The van der Waals surface area contributed by atoms with E-state index in [0.29, 0.717) is 6.54 Å². The average molecular weight is 382 g/mol. The maximum absolute atomic E-state index is 11.2. The van der Waals surface area contributed by atoms with Crippen LogP contribution in [0.5, 0.6) is 0 Å². The van der Waals surface area contributed by atoms with Gasteiger partial charge in [-0.05, 0) is 47.7 Å². The standard InChI is InChI=1S/C25H35NO2/c1-2-3-4-5-6-7-8-11-20-14-15-21(24-13-10-9-12-23(20)24)18-26-17-16-22(19-26)25(27)28/h9-10,12-15,22H,2-8,11,16-19H2,1H3,(H,27,28). The van der Waals surface area contributed by atoms with Gasteiger partial charge in [-0.1, -0.05) is 81.8 Å². The molecule has 0 amide bonds. The Morgan fingerprint density at radius 1 is 0.964 bits per heavy atom. The Morgan fingerprint density at radius 2 is 1.61 bits per heavy atom. The summed E-state index contributed by atoms with van der Waals surface area (Å²) in [5.41, 5.74) is 2.78. The van der Waals surface area contributed by atoms with Gasteiger partial charge in [0.1, 0.15) is 0 Å². The third-order valence-corrected chi connectivity index (χ3v) is 6.17. The molecule has 0 radical (unpaired) electrons. The van der Waals surface area contributed by atoms with Crippen LogP contribution in [0.15, 0.2) is 36.4 Å². The van der Waals surface area contributed by atoms with Crippen molar-refractivity contribution in [3.8, 4) is 0 Å². The van der Waals surface area contributed by atoms with Gasteiger partial charge in [0.05, 0.1) is 5.92 Å². The molecule has 3 nitrogen and oxygen atoms in total. The number of likely N-dealkylation sites (tertiary alicyclic amines) is 1. The molecule has 2 aromatic carbocycles. The molecule has 0 bridgehead atoms. The first-order chi connectivity index (χ1) is 13.7. The summed E-state index contributed by atoms with van der Waals surface area (Å²) in [5.74, 6) is -0.861. The summed E-state index contributed by atoms with van der Waals surface area (Å²) in [6, 6.07) is 13.3. The number of fused-ring (bicyclic) bond motifs is 1. The summed E-state index contributed by atoms with van der Waals surface area (Å²) in [7, 11) is 0. The molecular formula is C25H35NO2. The van der Waals surface area contributed by atoms with Crippen LogP contribution in [-0.4, -0.2) is 29.1 Å². The number of rotatable bonds is 11. The Morgan fingerprint density at radius 3 is 2.29 bits per heavy atom. The molecule has 1 fully saturated rings. The van der Waals surface area contributed by atoms with Crippen LogP contribution in [0, 0.1) is 5.92 Å². The third-order valence-electron chi connectivity index (χ3n) is 6.17. The molecule has 0 spiro atoms. The Bertz CT molecular complexity index is 770. The summed E-state index contributed by atoms with van der Waals surface area (Å²) in [5, 5.41) is 12.0. The number of benzene rings is 2. The summed E-state index contributed by atoms with van der Waals surface area (Å²) in [6.45, 7) is 4.67. The highest BCUT2D eigenvalue weighted by Crippen LogP contribution is 2.27. The smallest absolute Gasteiger partial charge is 0.307 e. The number of nitrogens with zero attached hydrogens (tertiary/aromatic N) is 1. The van der Waals surface area contributed by atoms with Crippen LogP contribution in [0.4, 0.5) is 0 Å². The lowest BCUT2D eigenvalue weighted by Gasteiger charge is -2.18. The quantitative estimate of drug-likeness (QED) is 0.482. The van der Waals surface area contributed by atoms with Crippen molar-refractivity contribution < 1.29 is 9.90 Å². The Balaban J connectivity index is 1.60. The number of aryl methyl sites for hydroxylation is 1. The van der Waals surface area contributed by atoms with E-state index in [1.54, 1.807) is 0 Å². The highest BCUT2D eigenvalue weighted by Gasteiger charge is 2.28. The van der Waals surface area contributed by atoms with Crippen LogP contribution in [0.25, 0.3) is 10.8 Å². The first kappa shape index (κ1) is 20.9. The van der Waals surface area contributed by atoms with Gasteiger partial charge in [-0.2, -0.15) is 0 Å². The van der Waals surface area contributed by atoms with E-state index in [1.165, 1.54) is 66.8 Å². The number of hydrogen-bond acceptors (Lipinski definition) is 2. The molecule has 2 aromatic rings. The Labute approximate surface area is 169 Å². The highest BCUT2D eigenvalue weighted by molar-refractivity contribution is 5.88. The van der Waals surface area contributed by atoms with Crippen LogP contribution < -0.4 is 0 Å². The molecule has 3 rings (SSSR count). The first-order valence-corrected chi connectivity index (χ1v) is 11.1. The molecule has 1 N–H and O–H groups in total. The zero-order valence-electron chi connectivity index (χ0n) is 17.3. The minimum absolute atomic E-state index is 0.206. The molecule has 1 saturated heterocycles. The van der Waals surface area contributed by atoms with Gasteiger partial charge in [0.15, 0.2) is 0 Å². The van der Waals surface area contributed by atoms with E-state index in [9.17, 15) is 9.90 Å². The van der Waals surface area contributed by atoms with E-state index in [2.05, 4.69) is 48.2 Å². The maximum atomic E-state index is 11.2. The van der Waals surface area contributed by atoms with Gasteiger partial charge in [0.25, 0.3) is 0 Å². The van der Waals surface area contributed by atoms with Crippen molar-refractivity contribution in [1.82, 2.24) is 4.90 Å². The van der Waals surface area contributed by atoms with Gasteiger partial charge in [0.2, 0.25) is 0 Å². The third kappa shape index (κ3) is 5.57. The topological polar surface area (TPSA) is 40.5 Å². The summed E-state index contributed by atoms with van der Waals surface area (Å²) in [6.07, 6.45) is 11.3. The Hall–Kier alpha value is -1.87. The molecule has 3 heteroatoms. The van der Waals surface area contributed by atoms with Gasteiger partial charge in [-0.15, -0.1) is 0 Å². The SMILES string of the molecule is CCCCCCCCCc1ccc(CN2CCC(C(=O)O)C2)c2ccccc12. The predicted octanol–water partition coefficient (Wildman–Crippen LogP) is 6.04. The molecular weight excluding hydrogens is 346 g/mol.